The number of rotatable bonds is 6. The van der Waals surface area contributed by atoms with Crippen LogP contribution in [0.3, 0.4) is 0 Å². The highest BCUT2D eigenvalue weighted by atomic mass is 15.2. The third kappa shape index (κ3) is 5.57. The lowest BCUT2D eigenvalue weighted by atomic mass is 9.65. The lowest BCUT2D eigenvalue weighted by Gasteiger charge is -2.38. The summed E-state index contributed by atoms with van der Waals surface area (Å²) in [6.07, 6.45) is 0. The van der Waals surface area contributed by atoms with Crippen LogP contribution >= 0.6 is 0 Å². The van der Waals surface area contributed by atoms with Crippen LogP contribution < -0.4 is 0 Å². The summed E-state index contributed by atoms with van der Waals surface area (Å²) in [5.41, 5.74) is 19.5. The number of nitrogens with zero attached hydrogens (tertiary/aromatic N) is 4. The Morgan fingerprint density at radius 3 is 1.52 bits per heavy atom. The number of hydrogen-bond donors (Lipinski definition) is 0. The topological polar surface area (TPSA) is 43.6 Å². The van der Waals surface area contributed by atoms with Gasteiger partial charge in [0.15, 0.2) is 11.6 Å². The van der Waals surface area contributed by atoms with Crippen LogP contribution in [0.4, 0.5) is 0 Å². The third-order valence-electron chi connectivity index (χ3n) is 13.6. The van der Waals surface area contributed by atoms with E-state index in [-0.39, 0.29) is 10.8 Å². The quantitative estimate of drug-likeness (QED) is 0.168. The largest absolute Gasteiger partial charge is 0.278 e. The first-order chi connectivity index (χ1) is 30.8. The highest BCUT2D eigenvalue weighted by molar-refractivity contribution is 6.16. The molecule has 300 valence electrons. The van der Waals surface area contributed by atoms with Crippen molar-refractivity contribution in [2.75, 3.05) is 0 Å². The molecule has 4 nitrogen and oxygen atoms in total. The minimum absolute atomic E-state index is 0.139. The molecule has 0 radical (unpaired) electrons. The maximum atomic E-state index is 5.16. The maximum Gasteiger partial charge on any atom is 0.238 e. The molecule has 0 bridgehead atoms. The van der Waals surface area contributed by atoms with Crippen molar-refractivity contribution in [2.45, 2.75) is 38.5 Å². The van der Waals surface area contributed by atoms with Crippen LogP contribution in [0.1, 0.15) is 61.1 Å². The lowest BCUT2D eigenvalue weighted by molar-refractivity contribution is 0.628. The number of hydrogen-bond acceptors (Lipinski definition) is 3. The minimum atomic E-state index is -0.217. The molecule has 0 spiro atoms. The van der Waals surface area contributed by atoms with E-state index in [2.05, 4.69) is 190 Å². The molecule has 0 atom stereocenters. The van der Waals surface area contributed by atoms with E-state index in [9.17, 15) is 0 Å². The fourth-order valence-electron chi connectivity index (χ4n) is 10.8. The van der Waals surface area contributed by atoms with Crippen molar-refractivity contribution >= 4 is 33.0 Å². The SMILES string of the molecule is CC1(C)C(c2ccccc2)=C2c3cccc(-c4ccc(-c5cccc6c5c5ccccc5n6-c5nc(-c6ccccc6)nc(-c6ccccc6)n5)cc4)c3C(C)(C)c3cccc1c32. The number of para-hydroxylation sites is 1. The second kappa shape index (κ2) is 13.9. The standard InChI is InChI=1S/C59H44N4/c1-58(2)46-29-18-30-47-52(46)51(53(58)39-19-8-5-9-20-39)45-28-16-27-43(54(45)59(47,3)4)38-35-33-37(34-36-38)42-26-17-32-49-50(42)44-25-14-15-31-48(44)63(49)57-61-55(40-21-10-6-11-22-40)60-56(62-57)41-23-12-7-13-24-41/h5-36H,1-4H3. The fourth-order valence-corrected chi connectivity index (χ4v) is 10.8. The van der Waals surface area contributed by atoms with Gasteiger partial charge in [0.2, 0.25) is 5.95 Å². The molecule has 2 aliphatic carbocycles. The first-order valence-corrected chi connectivity index (χ1v) is 21.9. The van der Waals surface area contributed by atoms with E-state index in [1.807, 2.05) is 36.4 Å². The number of allylic oxidation sites excluding steroid dienone is 1. The van der Waals surface area contributed by atoms with Gasteiger partial charge in [-0.3, -0.25) is 4.57 Å². The van der Waals surface area contributed by atoms with Gasteiger partial charge in [0, 0.05) is 32.7 Å². The van der Waals surface area contributed by atoms with Gasteiger partial charge >= 0.3 is 0 Å². The van der Waals surface area contributed by atoms with Gasteiger partial charge in [-0.1, -0.05) is 210 Å². The zero-order valence-corrected chi connectivity index (χ0v) is 35.8. The van der Waals surface area contributed by atoms with Crippen LogP contribution in [0.2, 0.25) is 0 Å². The summed E-state index contributed by atoms with van der Waals surface area (Å²) < 4.78 is 2.20. The molecule has 2 heterocycles. The van der Waals surface area contributed by atoms with E-state index < -0.39 is 0 Å². The van der Waals surface area contributed by atoms with Gasteiger partial charge in [0.1, 0.15) is 0 Å². The number of benzene rings is 8. The summed E-state index contributed by atoms with van der Waals surface area (Å²) in [5, 5.41) is 2.31. The van der Waals surface area contributed by atoms with Crippen LogP contribution in [-0.4, -0.2) is 19.5 Å². The van der Waals surface area contributed by atoms with E-state index in [4.69, 9.17) is 15.0 Å². The molecule has 0 saturated heterocycles. The molecule has 2 aromatic heterocycles. The summed E-state index contributed by atoms with van der Waals surface area (Å²) in [6.45, 7) is 9.63. The molecule has 0 saturated carbocycles. The Hall–Kier alpha value is -7.69. The Morgan fingerprint density at radius 2 is 0.873 bits per heavy atom. The molecule has 63 heavy (non-hydrogen) atoms. The van der Waals surface area contributed by atoms with Crippen molar-refractivity contribution in [1.82, 2.24) is 19.5 Å². The highest BCUT2D eigenvalue weighted by Gasteiger charge is 2.47. The van der Waals surface area contributed by atoms with E-state index in [1.54, 1.807) is 0 Å². The first kappa shape index (κ1) is 37.1. The second-order valence-corrected chi connectivity index (χ2v) is 18.0. The molecule has 4 heteroatoms. The van der Waals surface area contributed by atoms with Crippen molar-refractivity contribution in [2.24, 2.45) is 0 Å². The molecular formula is C59H44N4. The highest BCUT2D eigenvalue weighted by Crippen LogP contribution is 2.60. The van der Waals surface area contributed by atoms with Gasteiger partial charge in [-0.25, -0.2) is 4.98 Å². The van der Waals surface area contributed by atoms with Gasteiger partial charge in [-0.2, -0.15) is 9.97 Å². The molecule has 0 unspecified atom stereocenters. The zero-order valence-electron chi connectivity index (χ0n) is 35.8. The van der Waals surface area contributed by atoms with Gasteiger partial charge in [0.25, 0.3) is 0 Å². The van der Waals surface area contributed by atoms with Crippen LogP contribution in [0.5, 0.6) is 0 Å². The van der Waals surface area contributed by atoms with Crippen LogP contribution in [0, 0.1) is 0 Å². The van der Waals surface area contributed by atoms with Crippen LogP contribution in [-0.2, 0) is 10.8 Å². The summed E-state index contributed by atoms with van der Waals surface area (Å²) in [4.78, 5) is 15.3. The van der Waals surface area contributed by atoms with Gasteiger partial charge in [-0.15, -0.1) is 0 Å². The normalized spacial score (nSPS) is 14.5. The smallest absolute Gasteiger partial charge is 0.238 e. The van der Waals surface area contributed by atoms with Crippen molar-refractivity contribution < 1.29 is 0 Å². The summed E-state index contributed by atoms with van der Waals surface area (Å²) >= 11 is 0. The second-order valence-electron chi connectivity index (χ2n) is 18.0. The molecule has 10 aromatic rings. The van der Waals surface area contributed by atoms with Gasteiger partial charge < -0.3 is 0 Å². The average molecular weight is 809 g/mol. The van der Waals surface area contributed by atoms with Crippen LogP contribution in [0.15, 0.2) is 194 Å². The Balaban J connectivity index is 1.02. The summed E-state index contributed by atoms with van der Waals surface area (Å²) in [7, 11) is 0. The predicted molar refractivity (Wildman–Crippen MR) is 260 cm³/mol. The average Bonchev–Trinajstić information content (AvgIpc) is 3.80. The van der Waals surface area contributed by atoms with E-state index in [1.165, 1.54) is 61.0 Å². The fraction of sp³-hybridized carbons (Fsp3) is 0.102. The Bertz CT molecular complexity index is 3410. The molecule has 0 fully saturated rings. The molecular weight excluding hydrogens is 765 g/mol. The van der Waals surface area contributed by atoms with Crippen molar-refractivity contribution in [3.63, 3.8) is 0 Å². The Labute approximate surface area is 367 Å². The van der Waals surface area contributed by atoms with E-state index in [0.717, 1.165) is 38.7 Å². The summed E-state index contributed by atoms with van der Waals surface area (Å²) in [6, 6.07) is 69.7. The summed E-state index contributed by atoms with van der Waals surface area (Å²) in [5.74, 6) is 1.86. The number of aromatic nitrogens is 4. The molecule has 12 rings (SSSR count). The molecule has 2 aliphatic rings. The molecule has 0 aliphatic heterocycles. The van der Waals surface area contributed by atoms with Crippen molar-refractivity contribution in [3.05, 3.63) is 228 Å². The van der Waals surface area contributed by atoms with E-state index >= 15 is 0 Å². The van der Waals surface area contributed by atoms with Crippen molar-refractivity contribution in [3.8, 4) is 51.0 Å². The molecule has 0 amide bonds. The maximum absolute atomic E-state index is 5.16. The van der Waals surface area contributed by atoms with Gasteiger partial charge in [0.05, 0.1) is 11.0 Å². The van der Waals surface area contributed by atoms with E-state index in [0.29, 0.717) is 17.6 Å². The third-order valence-corrected chi connectivity index (χ3v) is 13.6. The molecule has 0 N–H and O–H groups in total. The Morgan fingerprint density at radius 1 is 0.381 bits per heavy atom. The lowest BCUT2D eigenvalue weighted by Crippen LogP contribution is -2.27. The van der Waals surface area contributed by atoms with Gasteiger partial charge in [-0.05, 0) is 78.9 Å². The monoisotopic (exact) mass is 808 g/mol. The van der Waals surface area contributed by atoms with Crippen molar-refractivity contribution in [1.29, 1.82) is 0 Å². The first-order valence-electron chi connectivity index (χ1n) is 21.9. The van der Waals surface area contributed by atoms with Crippen LogP contribution in [0.25, 0.3) is 83.9 Å². The zero-order chi connectivity index (χ0) is 42.5. The number of fused-ring (bicyclic) bond motifs is 5. The Kier molecular flexibility index (Phi) is 8.20. The predicted octanol–water partition coefficient (Wildman–Crippen LogP) is 14.5. The molecule has 8 aromatic carbocycles. The minimum Gasteiger partial charge on any atom is -0.278 e.